The maximum Gasteiger partial charge on any atom is 0.224 e. The van der Waals surface area contributed by atoms with Crippen molar-refractivity contribution in [2.24, 2.45) is 0 Å². The predicted octanol–water partition coefficient (Wildman–Crippen LogP) is 3.29. The van der Waals surface area contributed by atoms with Gasteiger partial charge in [0, 0.05) is 30.4 Å². The van der Waals surface area contributed by atoms with Crippen LogP contribution in [0.4, 0.5) is 5.82 Å². The van der Waals surface area contributed by atoms with Gasteiger partial charge in [0.1, 0.15) is 24.4 Å². The number of rotatable bonds is 7. The largest absolute Gasteiger partial charge is 0.374 e. The Morgan fingerprint density at radius 1 is 1.31 bits per heavy atom. The molecule has 1 aromatic heterocycles. The van der Waals surface area contributed by atoms with Crippen molar-refractivity contribution in [1.29, 1.82) is 0 Å². The zero-order valence-electron chi connectivity index (χ0n) is 14.7. The molecule has 26 heavy (non-hydrogen) atoms. The molecule has 1 fully saturated rings. The molecule has 0 amide bonds. The highest BCUT2D eigenvalue weighted by atomic mass is 35.5. The first-order valence-electron chi connectivity index (χ1n) is 9.12. The Labute approximate surface area is 158 Å². The van der Waals surface area contributed by atoms with E-state index in [1.807, 2.05) is 29.2 Å². The summed E-state index contributed by atoms with van der Waals surface area (Å²) in [4.78, 5) is 10.4. The normalized spacial score (nSPS) is 24.0. The summed E-state index contributed by atoms with van der Waals surface area (Å²) in [7, 11) is 0. The number of aliphatic hydroxyl groups is 1. The number of ether oxygens (including phenoxy) is 1. The van der Waals surface area contributed by atoms with E-state index < -0.39 is 6.23 Å². The second-order valence-corrected chi connectivity index (χ2v) is 7.07. The molecule has 0 radical (unpaired) electrons. The van der Waals surface area contributed by atoms with Gasteiger partial charge in [-0.3, -0.25) is 0 Å². The van der Waals surface area contributed by atoms with E-state index in [0.717, 1.165) is 54.9 Å². The van der Waals surface area contributed by atoms with Crippen LogP contribution in [0.1, 0.15) is 48.8 Å². The third-order valence-corrected chi connectivity index (χ3v) is 5.11. The molecule has 1 saturated heterocycles. The first-order valence-corrected chi connectivity index (χ1v) is 9.50. The summed E-state index contributed by atoms with van der Waals surface area (Å²) in [5.41, 5.74) is 3.10. The lowest BCUT2D eigenvalue weighted by Gasteiger charge is -2.31. The van der Waals surface area contributed by atoms with Crippen LogP contribution in [-0.2, 0) is 11.2 Å². The van der Waals surface area contributed by atoms with Gasteiger partial charge < -0.3 is 15.2 Å². The van der Waals surface area contributed by atoms with Gasteiger partial charge >= 0.3 is 0 Å². The lowest BCUT2D eigenvalue weighted by atomic mass is 9.98. The van der Waals surface area contributed by atoms with E-state index in [1.54, 1.807) is 6.20 Å². The number of fused-ring (bicyclic) bond motifs is 3. The third-order valence-electron chi connectivity index (χ3n) is 4.93. The number of halogens is 1. The van der Waals surface area contributed by atoms with Gasteiger partial charge in [0.15, 0.2) is 0 Å². The minimum Gasteiger partial charge on any atom is -0.374 e. The van der Waals surface area contributed by atoms with Crippen LogP contribution < -0.4 is 5.32 Å². The molecule has 0 bridgehead atoms. The fourth-order valence-corrected chi connectivity index (χ4v) is 3.71. The number of aliphatic hydroxyl groups excluding tert-OH is 1. The Morgan fingerprint density at radius 3 is 2.92 bits per heavy atom. The number of benzene rings is 1. The zero-order chi connectivity index (χ0) is 18.1. The minimum absolute atomic E-state index is 0.0148. The van der Waals surface area contributed by atoms with Crippen molar-refractivity contribution in [3.8, 4) is 0 Å². The Kier molecular flexibility index (Phi) is 5.09. The lowest BCUT2D eigenvalue weighted by Crippen LogP contribution is -2.36. The number of nitrogens with one attached hydrogen (secondary N) is 1. The van der Waals surface area contributed by atoms with E-state index in [2.05, 4.69) is 22.2 Å². The Bertz CT molecular complexity index is 788. The van der Waals surface area contributed by atoms with Gasteiger partial charge in [0.05, 0.1) is 0 Å². The SMILES string of the molecule is CCCNc1nc(Cl)ncc1CCCN1C(O)c2ccccc2C2OC21. The molecule has 2 aromatic rings. The van der Waals surface area contributed by atoms with Crippen molar-refractivity contribution in [3.63, 3.8) is 0 Å². The molecule has 0 aliphatic carbocycles. The maximum absolute atomic E-state index is 10.7. The van der Waals surface area contributed by atoms with Crippen LogP contribution in [0.25, 0.3) is 0 Å². The molecular weight excluding hydrogens is 352 g/mol. The number of anilines is 1. The summed E-state index contributed by atoms with van der Waals surface area (Å²) in [6.07, 6.45) is 3.94. The third kappa shape index (κ3) is 3.42. The number of nitrogens with zero attached hydrogens (tertiary/aromatic N) is 3. The van der Waals surface area contributed by atoms with Crippen LogP contribution in [-0.4, -0.2) is 39.3 Å². The fourth-order valence-electron chi connectivity index (χ4n) is 3.57. The Morgan fingerprint density at radius 2 is 2.12 bits per heavy atom. The molecule has 3 heterocycles. The molecule has 4 rings (SSSR count). The quantitative estimate of drug-likeness (QED) is 0.572. The number of epoxide rings is 1. The second-order valence-electron chi connectivity index (χ2n) is 6.73. The van der Waals surface area contributed by atoms with Gasteiger partial charge in [-0.1, -0.05) is 31.2 Å². The van der Waals surface area contributed by atoms with E-state index >= 15 is 0 Å². The minimum atomic E-state index is -0.617. The zero-order valence-corrected chi connectivity index (χ0v) is 15.5. The van der Waals surface area contributed by atoms with Crippen LogP contribution in [0.2, 0.25) is 5.28 Å². The van der Waals surface area contributed by atoms with E-state index in [9.17, 15) is 5.11 Å². The van der Waals surface area contributed by atoms with Gasteiger partial charge in [-0.25, -0.2) is 14.9 Å². The van der Waals surface area contributed by atoms with Crippen molar-refractivity contribution in [2.75, 3.05) is 18.4 Å². The van der Waals surface area contributed by atoms with E-state index in [0.29, 0.717) is 0 Å². The van der Waals surface area contributed by atoms with Gasteiger partial charge in [-0.05, 0) is 36.4 Å². The van der Waals surface area contributed by atoms with Crippen molar-refractivity contribution in [3.05, 3.63) is 52.4 Å². The lowest BCUT2D eigenvalue weighted by molar-refractivity contribution is -0.0303. The van der Waals surface area contributed by atoms with E-state index in [1.165, 1.54) is 0 Å². The average Bonchev–Trinajstić information content (AvgIpc) is 3.45. The van der Waals surface area contributed by atoms with E-state index in [-0.39, 0.29) is 17.6 Å². The topological polar surface area (TPSA) is 73.8 Å². The molecule has 1 aromatic carbocycles. The summed E-state index contributed by atoms with van der Waals surface area (Å²) in [5.74, 6) is 0.803. The van der Waals surface area contributed by atoms with Gasteiger partial charge in [-0.2, -0.15) is 0 Å². The summed E-state index contributed by atoms with van der Waals surface area (Å²) in [5, 5.41) is 14.3. The molecule has 2 aliphatic heterocycles. The van der Waals surface area contributed by atoms with Gasteiger partial charge in [-0.15, -0.1) is 0 Å². The Hall–Kier alpha value is -1.73. The van der Waals surface area contributed by atoms with Gasteiger partial charge in [0.2, 0.25) is 5.28 Å². The van der Waals surface area contributed by atoms with Crippen LogP contribution in [0.15, 0.2) is 30.5 Å². The highest BCUT2D eigenvalue weighted by Gasteiger charge is 2.52. The summed E-state index contributed by atoms with van der Waals surface area (Å²) < 4.78 is 5.79. The summed E-state index contributed by atoms with van der Waals surface area (Å²) >= 11 is 5.92. The molecule has 6 nitrogen and oxygen atoms in total. The van der Waals surface area contributed by atoms with Crippen LogP contribution in [0.5, 0.6) is 0 Å². The molecular formula is C19H23ClN4O2. The molecule has 138 valence electrons. The summed E-state index contributed by atoms with van der Waals surface area (Å²) in [6.45, 7) is 3.70. The van der Waals surface area contributed by atoms with Gasteiger partial charge in [0.25, 0.3) is 0 Å². The second kappa shape index (κ2) is 7.48. The van der Waals surface area contributed by atoms with Crippen molar-refractivity contribution in [2.45, 2.75) is 44.7 Å². The van der Waals surface area contributed by atoms with E-state index in [4.69, 9.17) is 16.3 Å². The predicted molar refractivity (Wildman–Crippen MR) is 99.9 cm³/mol. The summed E-state index contributed by atoms with van der Waals surface area (Å²) in [6, 6.07) is 7.97. The van der Waals surface area contributed by atoms with Crippen LogP contribution in [0, 0.1) is 0 Å². The smallest absolute Gasteiger partial charge is 0.224 e. The molecule has 2 N–H and O–H groups in total. The number of hydrogen-bond donors (Lipinski definition) is 2. The molecule has 3 unspecified atom stereocenters. The van der Waals surface area contributed by atoms with Crippen LogP contribution in [0.3, 0.4) is 0 Å². The van der Waals surface area contributed by atoms with Crippen molar-refractivity contribution < 1.29 is 9.84 Å². The standard InChI is InChI=1S/C19H23ClN4O2/c1-2-9-21-16-12(11-22-19(20)23-16)6-5-10-24-17(25)14-8-4-3-7-13(14)15-18(24)26-15/h3-4,7-8,11,15,17-18,25H,2,5-6,9-10H2,1H3,(H,21,22,23). The Balaban J connectivity index is 1.40. The number of hydrogen-bond acceptors (Lipinski definition) is 6. The molecule has 0 saturated carbocycles. The highest BCUT2D eigenvalue weighted by molar-refractivity contribution is 6.28. The number of aromatic nitrogens is 2. The van der Waals surface area contributed by atoms with Crippen molar-refractivity contribution in [1.82, 2.24) is 14.9 Å². The monoisotopic (exact) mass is 374 g/mol. The number of aryl methyl sites for hydroxylation is 1. The van der Waals surface area contributed by atoms with Crippen molar-refractivity contribution >= 4 is 17.4 Å². The first-order chi connectivity index (χ1) is 12.7. The molecule has 2 aliphatic rings. The first kappa shape index (κ1) is 17.7. The molecule has 7 heteroatoms. The van der Waals surface area contributed by atoms with Crippen LogP contribution >= 0.6 is 11.6 Å². The molecule has 0 spiro atoms. The maximum atomic E-state index is 10.7. The average molecular weight is 375 g/mol. The molecule has 3 atom stereocenters. The fraction of sp³-hybridized carbons (Fsp3) is 0.474. The highest BCUT2D eigenvalue weighted by Crippen LogP contribution is 2.50.